The third-order valence-corrected chi connectivity index (χ3v) is 3.16. The summed E-state index contributed by atoms with van der Waals surface area (Å²) in [5.74, 6) is -0.694. The Balaban J connectivity index is 2.99. The van der Waals surface area contributed by atoms with Gasteiger partial charge in [0.2, 0.25) is 0 Å². The van der Waals surface area contributed by atoms with Crippen molar-refractivity contribution in [2.24, 2.45) is 0 Å². The van der Waals surface area contributed by atoms with E-state index in [2.05, 4.69) is 10.1 Å². The van der Waals surface area contributed by atoms with Gasteiger partial charge in [-0.15, -0.1) is 0 Å². The highest BCUT2D eigenvalue weighted by atomic mass is 18.2. The molecule has 1 N–H and O–H groups in total. The van der Waals surface area contributed by atoms with Crippen LogP contribution in [0.15, 0.2) is 12.1 Å². The molecule has 1 rings (SSSR count). The molecular weight excluding hydrogens is 316 g/mol. The number of methoxy groups -OCH3 is 2. The highest BCUT2D eigenvalue weighted by molar-refractivity contribution is 5.81. The molecule has 0 aromatic heterocycles. The second-order valence-electron chi connectivity index (χ2n) is 6.34. The molecular formula is C17H24FNO5. The van der Waals surface area contributed by atoms with Crippen LogP contribution in [0.2, 0.25) is 0 Å². The van der Waals surface area contributed by atoms with Gasteiger partial charge in [0.1, 0.15) is 23.2 Å². The molecule has 0 heterocycles. The van der Waals surface area contributed by atoms with Crippen molar-refractivity contribution in [2.45, 2.75) is 45.8 Å². The largest absolute Gasteiger partial charge is 0.496 e. The lowest BCUT2D eigenvalue weighted by Crippen LogP contribution is -2.45. The van der Waals surface area contributed by atoms with E-state index < -0.39 is 29.5 Å². The Morgan fingerprint density at radius 3 is 2.38 bits per heavy atom. The average molecular weight is 340 g/mol. The van der Waals surface area contributed by atoms with Crippen molar-refractivity contribution in [3.05, 3.63) is 29.1 Å². The van der Waals surface area contributed by atoms with Crippen LogP contribution in [0.5, 0.6) is 5.75 Å². The normalized spacial score (nSPS) is 12.3. The third-order valence-electron chi connectivity index (χ3n) is 3.16. The number of carbonyl (C=O) groups is 2. The molecule has 0 aliphatic carbocycles. The monoisotopic (exact) mass is 340 g/mol. The molecule has 1 atom stereocenters. The minimum atomic E-state index is -1.08. The summed E-state index contributed by atoms with van der Waals surface area (Å²) in [6, 6.07) is 1.74. The van der Waals surface area contributed by atoms with Gasteiger partial charge in [0, 0.05) is 6.42 Å². The molecule has 0 spiro atoms. The van der Waals surface area contributed by atoms with Crippen molar-refractivity contribution in [3.63, 3.8) is 0 Å². The van der Waals surface area contributed by atoms with Crippen LogP contribution in [-0.4, -0.2) is 37.9 Å². The summed E-state index contributed by atoms with van der Waals surface area (Å²) in [6.07, 6.45) is -0.869. The Morgan fingerprint density at radius 1 is 1.25 bits per heavy atom. The van der Waals surface area contributed by atoms with E-state index in [9.17, 15) is 14.0 Å². The molecule has 1 amide bonds. The standard InChI is InChI=1S/C17H24FNO5/c1-10-7-12(18)11(9-14(10)22-5)8-13(15(20)23-6)19-16(21)24-17(2,3)4/h7,9,13H,8H2,1-6H3,(H,19,21)/i18-1. The first-order chi connectivity index (χ1) is 11.1. The van der Waals surface area contributed by atoms with Gasteiger partial charge in [-0.25, -0.2) is 14.0 Å². The Bertz CT molecular complexity index is 610. The molecule has 0 bridgehead atoms. The molecule has 1 aromatic carbocycles. The number of ether oxygens (including phenoxy) is 3. The predicted octanol–water partition coefficient (Wildman–Crippen LogP) is 2.75. The molecule has 24 heavy (non-hydrogen) atoms. The van der Waals surface area contributed by atoms with Gasteiger partial charge in [-0.05, 0) is 51.0 Å². The third kappa shape index (κ3) is 5.72. The van der Waals surface area contributed by atoms with Crippen molar-refractivity contribution < 1.29 is 28.2 Å². The number of hydrogen-bond acceptors (Lipinski definition) is 5. The zero-order valence-electron chi connectivity index (χ0n) is 14.9. The molecule has 134 valence electrons. The number of aryl methyl sites for hydroxylation is 1. The van der Waals surface area contributed by atoms with E-state index in [0.29, 0.717) is 11.3 Å². The number of nitrogens with one attached hydrogen (secondary N) is 1. The molecule has 0 saturated carbocycles. The van der Waals surface area contributed by atoms with Gasteiger partial charge in [-0.3, -0.25) is 0 Å². The second kappa shape index (κ2) is 7.99. The maximum atomic E-state index is 14.2. The van der Waals surface area contributed by atoms with Gasteiger partial charge in [-0.1, -0.05) is 0 Å². The predicted molar refractivity (Wildman–Crippen MR) is 86.6 cm³/mol. The van der Waals surface area contributed by atoms with Crippen LogP contribution in [0, 0.1) is 12.7 Å². The number of halogens is 1. The van der Waals surface area contributed by atoms with Gasteiger partial charge in [0.25, 0.3) is 0 Å². The lowest BCUT2D eigenvalue weighted by atomic mass is 10.0. The van der Waals surface area contributed by atoms with E-state index in [4.69, 9.17) is 9.47 Å². The SMILES string of the molecule is COC(=O)C(Cc1cc(OC)c(C)cc1[18F])NC(=O)OC(C)(C)C. The van der Waals surface area contributed by atoms with Crippen molar-refractivity contribution >= 4 is 12.1 Å². The molecule has 0 saturated heterocycles. The Labute approximate surface area is 141 Å². The van der Waals surface area contributed by atoms with Crippen LogP contribution in [0.4, 0.5) is 9.18 Å². The van der Waals surface area contributed by atoms with Gasteiger partial charge >= 0.3 is 12.1 Å². The Hall–Kier alpha value is -2.31. The van der Waals surface area contributed by atoms with Gasteiger partial charge in [0.05, 0.1) is 14.2 Å². The van der Waals surface area contributed by atoms with E-state index >= 15 is 0 Å². The number of hydrogen-bond donors (Lipinski definition) is 1. The number of esters is 1. The minimum Gasteiger partial charge on any atom is -0.496 e. The second-order valence-corrected chi connectivity index (χ2v) is 6.34. The molecule has 1 aromatic rings. The number of amides is 1. The Kier molecular flexibility index (Phi) is 6.57. The maximum Gasteiger partial charge on any atom is 0.408 e. The van der Waals surface area contributed by atoms with Crippen molar-refractivity contribution in [1.29, 1.82) is 0 Å². The zero-order valence-corrected chi connectivity index (χ0v) is 14.9. The van der Waals surface area contributed by atoms with E-state index in [1.807, 2.05) is 0 Å². The molecule has 0 fully saturated rings. The summed E-state index contributed by atoms with van der Waals surface area (Å²) in [7, 11) is 2.67. The highest BCUT2D eigenvalue weighted by Gasteiger charge is 2.26. The molecule has 0 radical (unpaired) electrons. The molecule has 6 nitrogen and oxygen atoms in total. The van der Waals surface area contributed by atoms with Crippen LogP contribution in [0.1, 0.15) is 31.9 Å². The van der Waals surface area contributed by atoms with Gasteiger partial charge < -0.3 is 19.5 Å². The lowest BCUT2D eigenvalue weighted by molar-refractivity contribution is -0.143. The van der Waals surface area contributed by atoms with Crippen LogP contribution >= 0.6 is 0 Å². The van der Waals surface area contributed by atoms with E-state index in [1.165, 1.54) is 26.4 Å². The average Bonchev–Trinajstić information content (AvgIpc) is 2.46. The van der Waals surface area contributed by atoms with Crippen LogP contribution in [-0.2, 0) is 20.7 Å². The minimum absolute atomic E-state index is 0.0889. The van der Waals surface area contributed by atoms with Crippen LogP contribution in [0.3, 0.4) is 0 Å². The number of benzene rings is 1. The van der Waals surface area contributed by atoms with E-state index in [0.717, 1.165) is 0 Å². The van der Waals surface area contributed by atoms with Crippen molar-refractivity contribution in [1.82, 2.24) is 5.32 Å². The topological polar surface area (TPSA) is 73.9 Å². The fourth-order valence-electron chi connectivity index (χ4n) is 2.08. The Morgan fingerprint density at radius 2 is 1.88 bits per heavy atom. The zero-order chi connectivity index (χ0) is 18.5. The summed E-state index contributed by atoms with van der Waals surface area (Å²) < 4.78 is 29.1. The molecule has 0 aliphatic rings. The summed E-state index contributed by atoms with van der Waals surface area (Å²) in [5, 5.41) is 2.41. The van der Waals surface area contributed by atoms with Crippen molar-refractivity contribution in [2.75, 3.05) is 14.2 Å². The van der Waals surface area contributed by atoms with E-state index in [1.54, 1.807) is 27.7 Å². The molecule has 7 heteroatoms. The van der Waals surface area contributed by atoms with E-state index in [-0.39, 0.29) is 12.0 Å². The van der Waals surface area contributed by atoms with Crippen LogP contribution in [0.25, 0.3) is 0 Å². The maximum absolute atomic E-state index is 14.2. The molecule has 1 unspecified atom stereocenters. The van der Waals surface area contributed by atoms with Gasteiger partial charge in [-0.2, -0.15) is 0 Å². The molecule has 0 aliphatic heterocycles. The van der Waals surface area contributed by atoms with Crippen molar-refractivity contribution in [3.8, 4) is 5.75 Å². The summed E-state index contributed by atoms with van der Waals surface area (Å²) in [6.45, 7) is 6.81. The summed E-state index contributed by atoms with van der Waals surface area (Å²) in [5.41, 5.74) is 0.140. The fourth-order valence-corrected chi connectivity index (χ4v) is 2.08. The fraction of sp³-hybridized carbons (Fsp3) is 0.529. The first-order valence-electron chi connectivity index (χ1n) is 7.47. The quantitative estimate of drug-likeness (QED) is 0.834. The highest BCUT2D eigenvalue weighted by Crippen LogP contribution is 2.23. The first-order valence-corrected chi connectivity index (χ1v) is 7.47. The summed E-state index contributed by atoms with van der Waals surface area (Å²) >= 11 is 0. The van der Waals surface area contributed by atoms with Gasteiger partial charge in [0.15, 0.2) is 0 Å². The lowest BCUT2D eigenvalue weighted by Gasteiger charge is -2.23. The number of alkyl carbamates (subject to hydrolysis) is 1. The van der Waals surface area contributed by atoms with Crippen LogP contribution < -0.4 is 10.1 Å². The number of rotatable bonds is 5. The smallest absolute Gasteiger partial charge is 0.408 e. The number of carbonyl (C=O) groups excluding carboxylic acids is 2. The summed E-state index contributed by atoms with van der Waals surface area (Å²) in [4.78, 5) is 23.8. The first kappa shape index (κ1) is 19.7.